The molecule has 2 amide bonds. The number of piperidine rings is 2. The first-order chi connectivity index (χ1) is 30.1. The lowest BCUT2D eigenvalue weighted by molar-refractivity contribution is -0.143. The molecule has 0 unspecified atom stereocenters. The minimum absolute atomic E-state index is 0.0378. The molecule has 9 nitrogen and oxygen atoms in total. The van der Waals surface area contributed by atoms with Crippen LogP contribution in [0.25, 0.3) is 5.57 Å². The van der Waals surface area contributed by atoms with Gasteiger partial charge in [-0.2, -0.15) is 0 Å². The van der Waals surface area contributed by atoms with E-state index in [1.807, 2.05) is 68.7 Å². The second-order valence-electron chi connectivity index (χ2n) is 19.9. The molecule has 0 radical (unpaired) electrons. The predicted octanol–water partition coefficient (Wildman–Crippen LogP) is 8.43. The van der Waals surface area contributed by atoms with Gasteiger partial charge in [-0.1, -0.05) is 11.8 Å². The summed E-state index contributed by atoms with van der Waals surface area (Å²) >= 11 is 0. The summed E-state index contributed by atoms with van der Waals surface area (Å²) in [5.41, 5.74) is 7.56. The maximum atomic E-state index is 13.7. The van der Waals surface area contributed by atoms with E-state index in [2.05, 4.69) is 23.7 Å². The van der Waals surface area contributed by atoms with Gasteiger partial charge >= 0.3 is 5.97 Å². The fourth-order valence-electron chi connectivity index (χ4n) is 11.0. The van der Waals surface area contributed by atoms with Gasteiger partial charge in [0.1, 0.15) is 23.2 Å². The Hall–Kier alpha value is -5.28. The van der Waals surface area contributed by atoms with Crippen molar-refractivity contribution in [1.29, 1.82) is 0 Å². The zero-order valence-corrected chi connectivity index (χ0v) is 38.1. The van der Waals surface area contributed by atoms with Crippen LogP contribution in [0, 0.1) is 80.0 Å². The highest BCUT2D eigenvalue weighted by molar-refractivity contribution is 6.23. The number of allylic oxidation sites excluding steroid dienone is 2. The average Bonchev–Trinajstić information content (AvgIpc) is 4.07. The molecule has 2 saturated heterocycles. The van der Waals surface area contributed by atoms with Gasteiger partial charge in [0.15, 0.2) is 5.78 Å². The highest BCUT2D eigenvalue weighted by atomic mass is 16.5. The van der Waals surface area contributed by atoms with Gasteiger partial charge in [0.05, 0.1) is 11.5 Å². The summed E-state index contributed by atoms with van der Waals surface area (Å²) in [6.45, 7) is 14.3. The van der Waals surface area contributed by atoms with Crippen LogP contribution in [0.4, 0.5) is 0 Å². The van der Waals surface area contributed by atoms with Gasteiger partial charge in [-0.05, 0) is 174 Å². The molecule has 330 valence electrons. The first-order valence-corrected chi connectivity index (χ1v) is 23.3. The summed E-state index contributed by atoms with van der Waals surface area (Å²) in [5.74, 6) is 12.8. The van der Waals surface area contributed by atoms with Gasteiger partial charge in [0.25, 0.3) is 0 Å². The first-order valence-electron chi connectivity index (χ1n) is 23.3. The Kier molecular flexibility index (Phi) is 12.5. The molecule has 0 N–H and O–H groups in total. The van der Waals surface area contributed by atoms with Gasteiger partial charge in [-0.25, -0.2) is 0 Å². The maximum absolute atomic E-state index is 13.7. The van der Waals surface area contributed by atoms with Gasteiger partial charge in [0.2, 0.25) is 11.8 Å². The zero-order chi connectivity index (χ0) is 44.8. The lowest BCUT2D eigenvalue weighted by Gasteiger charge is -2.45. The SMILES string of the molecule is CC#Cc1cc(C)c(C2=C(OC(=O)C3CC3)CC3(CCN(C(=O)C4CC4)CC3)CC2=O)c(C)c1.CC#Cc1cc(C)c(C2C(=O)CC3(CCN(C(=O)C4CC4)CC3)CC2=O)c(C)c1. The Morgan fingerprint density at radius 1 is 0.587 bits per heavy atom. The minimum Gasteiger partial charge on any atom is -0.430 e. The van der Waals surface area contributed by atoms with Crippen molar-refractivity contribution in [2.75, 3.05) is 26.2 Å². The third-order valence-electron chi connectivity index (χ3n) is 14.8. The second kappa shape index (κ2) is 17.7. The quantitative estimate of drug-likeness (QED) is 0.163. The number of hydrogen-bond donors (Lipinski definition) is 0. The van der Waals surface area contributed by atoms with E-state index in [4.69, 9.17) is 4.74 Å². The van der Waals surface area contributed by atoms with Gasteiger partial charge < -0.3 is 14.5 Å². The van der Waals surface area contributed by atoms with E-state index in [-0.39, 0.29) is 63.7 Å². The van der Waals surface area contributed by atoms with Crippen LogP contribution in [0.1, 0.15) is 154 Å². The van der Waals surface area contributed by atoms with Crippen molar-refractivity contribution in [3.05, 3.63) is 74.5 Å². The van der Waals surface area contributed by atoms with E-state index < -0.39 is 5.92 Å². The summed E-state index contributed by atoms with van der Waals surface area (Å²) in [4.78, 5) is 81.7. The van der Waals surface area contributed by atoms with Gasteiger partial charge in [-0.3, -0.25) is 28.8 Å². The minimum atomic E-state index is -0.643. The molecule has 63 heavy (non-hydrogen) atoms. The zero-order valence-electron chi connectivity index (χ0n) is 38.1. The van der Waals surface area contributed by atoms with Crippen LogP contribution in [0.5, 0.6) is 0 Å². The van der Waals surface area contributed by atoms with E-state index in [0.717, 1.165) is 109 Å². The largest absolute Gasteiger partial charge is 0.430 e. The summed E-state index contributed by atoms with van der Waals surface area (Å²) in [6, 6.07) is 7.97. The Balaban J connectivity index is 0.000000175. The molecule has 7 aliphatic rings. The monoisotopic (exact) mass is 850 g/mol. The van der Waals surface area contributed by atoms with Crippen molar-refractivity contribution in [3.8, 4) is 23.7 Å². The Morgan fingerprint density at radius 3 is 1.41 bits per heavy atom. The number of carbonyl (C=O) groups is 6. The number of ketones is 3. The number of aryl methyl sites for hydroxylation is 4. The molecule has 2 spiro atoms. The highest BCUT2D eigenvalue weighted by Crippen LogP contribution is 2.50. The third-order valence-corrected chi connectivity index (χ3v) is 14.8. The highest BCUT2D eigenvalue weighted by Gasteiger charge is 2.49. The molecule has 5 aliphatic carbocycles. The van der Waals surface area contributed by atoms with Crippen molar-refractivity contribution < 1.29 is 33.5 Å². The van der Waals surface area contributed by atoms with Crippen LogP contribution in [0.3, 0.4) is 0 Å². The number of carbonyl (C=O) groups excluding carboxylic acids is 6. The topological polar surface area (TPSA) is 118 Å². The van der Waals surface area contributed by atoms with Crippen molar-refractivity contribution in [1.82, 2.24) is 9.80 Å². The number of likely N-dealkylation sites (tertiary alicyclic amines) is 2. The average molecular weight is 851 g/mol. The number of amides is 2. The lowest BCUT2D eigenvalue weighted by atomic mass is 9.62. The molecule has 0 aromatic heterocycles. The number of rotatable bonds is 6. The summed E-state index contributed by atoms with van der Waals surface area (Å²) in [5, 5.41) is 0. The van der Waals surface area contributed by atoms with Crippen molar-refractivity contribution in [2.45, 2.75) is 137 Å². The van der Waals surface area contributed by atoms with Crippen LogP contribution in [0.2, 0.25) is 0 Å². The first kappa shape index (κ1) is 44.3. The molecular formula is C54H62N2O7. The smallest absolute Gasteiger partial charge is 0.314 e. The van der Waals surface area contributed by atoms with Crippen molar-refractivity contribution in [3.63, 3.8) is 0 Å². The van der Waals surface area contributed by atoms with Crippen LogP contribution < -0.4 is 0 Å². The number of esters is 1. The molecule has 6 fully saturated rings. The van der Waals surface area contributed by atoms with E-state index in [1.54, 1.807) is 6.92 Å². The summed E-state index contributed by atoms with van der Waals surface area (Å²) in [6.07, 6.45) is 10.8. The molecule has 9 heteroatoms. The number of nitrogens with zero attached hydrogens (tertiary/aromatic N) is 2. The number of hydrogen-bond acceptors (Lipinski definition) is 7. The maximum Gasteiger partial charge on any atom is 0.314 e. The fourth-order valence-corrected chi connectivity index (χ4v) is 11.0. The van der Waals surface area contributed by atoms with Crippen molar-refractivity contribution >= 4 is 40.7 Å². The summed E-state index contributed by atoms with van der Waals surface area (Å²) in [7, 11) is 0. The Bertz CT molecular complexity index is 2360. The lowest BCUT2D eigenvalue weighted by Crippen LogP contribution is -2.48. The molecule has 2 aromatic carbocycles. The standard InChI is InChI=1S/C29H33NO4.C25H29NO3/c1-4-5-20-14-18(2)25(19(3)15-20)26-23(31)16-29(17-24(26)34-28(33)22-8-9-22)10-12-30(13-11-29)27(32)21-6-7-21;1-4-5-18-12-16(2)22(17(3)13-18)23-20(27)14-25(15-21(23)28)8-10-26(11-9-25)24(29)19-6-7-19/h14-15,21-22H,6-13,16-17H2,1-3H3;12-13,19,23H,6-11,14-15H2,1-3H3. The molecule has 9 rings (SSSR count). The Morgan fingerprint density at radius 2 is 1.00 bits per heavy atom. The predicted molar refractivity (Wildman–Crippen MR) is 241 cm³/mol. The van der Waals surface area contributed by atoms with Gasteiger partial charge in [-0.15, -0.1) is 11.8 Å². The van der Waals surface area contributed by atoms with E-state index in [1.165, 1.54) is 0 Å². The van der Waals surface area contributed by atoms with Gasteiger partial charge in [0, 0.05) is 74.8 Å². The Labute approximate surface area is 373 Å². The molecule has 0 bridgehead atoms. The number of benzene rings is 2. The van der Waals surface area contributed by atoms with Crippen LogP contribution in [0.15, 0.2) is 30.0 Å². The third kappa shape index (κ3) is 9.50. The molecule has 2 heterocycles. The normalized spacial score (nSPS) is 21.8. The molecule has 2 aliphatic heterocycles. The van der Waals surface area contributed by atoms with Crippen LogP contribution in [-0.4, -0.2) is 71.1 Å². The fraction of sp³-hybridized carbons (Fsp3) is 0.556. The van der Waals surface area contributed by atoms with Crippen LogP contribution in [-0.2, 0) is 33.5 Å². The number of ether oxygens (including phenoxy) is 1. The second-order valence-corrected chi connectivity index (χ2v) is 19.9. The molecule has 0 atom stereocenters. The molecule has 4 saturated carbocycles. The molecular weight excluding hydrogens is 789 g/mol. The number of Topliss-reactive ketones (excluding diaryl/α,β-unsaturated/α-hetero) is 3. The molecule has 2 aromatic rings. The van der Waals surface area contributed by atoms with E-state index in [0.29, 0.717) is 63.2 Å². The van der Waals surface area contributed by atoms with Crippen LogP contribution >= 0.6 is 0 Å². The van der Waals surface area contributed by atoms with Crippen molar-refractivity contribution in [2.24, 2.45) is 28.6 Å². The van der Waals surface area contributed by atoms with E-state index >= 15 is 0 Å². The van der Waals surface area contributed by atoms with E-state index in [9.17, 15) is 28.8 Å². The summed E-state index contributed by atoms with van der Waals surface area (Å²) < 4.78 is 6.00.